The molecule has 23 heteroatoms. The molecule has 9 atom stereocenters. The molecule has 3 aromatic rings. The van der Waals surface area contributed by atoms with E-state index in [1.165, 1.54) is 34.0 Å². The number of aliphatic carboxylic acids is 1. The molecule has 2 aliphatic rings. The predicted octanol–water partition coefficient (Wildman–Crippen LogP) is 0.636. The number of hydrogen-bond donors (Lipinski definition) is 10. The number of carboxylic acids is 1. The van der Waals surface area contributed by atoms with E-state index >= 15 is 0 Å². The minimum Gasteiger partial charge on any atom is -0.508 e. The lowest BCUT2D eigenvalue weighted by atomic mass is 9.71. The van der Waals surface area contributed by atoms with Crippen molar-refractivity contribution in [2.45, 2.75) is 132 Å². The van der Waals surface area contributed by atoms with Gasteiger partial charge >= 0.3 is 27.3 Å². The number of amides is 1. The molecule has 2 aliphatic heterocycles. The normalized spacial score (nSPS) is 21.6. The monoisotopic (exact) mass is 879 g/mol. The number of carbonyl (C=O) groups excluding carboxylic acids is 2. The molecular weight excluding hydrogens is 827 g/mol. The topological polar surface area (TPSA) is 266 Å². The summed E-state index contributed by atoms with van der Waals surface area (Å²) in [5.74, 6) is -4.72. The summed E-state index contributed by atoms with van der Waals surface area (Å²) in [4.78, 5) is 39.9. The van der Waals surface area contributed by atoms with Crippen LogP contribution in [0, 0.1) is 0 Å². The first kappa shape index (κ1) is 47.3. The van der Waals surface area contributed by atoms with Gasteiger partial charge in [0.05, 0.1) is 37.4 Å². The van der Waals surface area contributed by atoms with Gasteiger partial charge < -0.3 is 59.5 Å². The van der Waals surface area contributed by atoms with Crippen molar-refractivity contribution >= 4 is 73.2 Å². The van der Waals surface area contributed by atoms with Gasteiger partial charge in [-0.25, -0.2) is 0 Å². The average Bonchev–Trinajstić information content (AvgIpc) is 3.99. The minimum absolute atomic E-state index is 0.0178. The van der Waals surface area contributed by atoms with Gasteiger partial charge in [-0.05, 0) is 72.9 Å². The Morgan fingerprint density at radius 1 is 0.797 bits per heavy atom. The number of thiophene rings is 3. The lowest BCUT2D eigenvalue weighted by Crippen LogP contribution is -2.57. The number of rotatable bonds is 25. The predicted molar refractivity (Wildman–Crippen MR) is 222 cm³/mol. The van der Waals surface area contributed by atoms with Gasteiger partial charge in [0.1, 0.15) is 18.7 Å². The summed E-state index contributed by atoms with van der Waals surface area (Å²) in [5.41, 5.74) is 0. The second kappa shape index (κ2) is 24.0. The van der Waals surface area contributed by atoms with Crippen molar-refractivity contribution < 1.29 is 68.6 Å². The molecule has 3 unspecified atom stereocenters. The summed E-state index contributed by atoms with van der Waals surface area (Å²) in [6, 6.07) is 11.1. The second-order valence-electron chi connectivity index (χ2n) is 14.7. The van der Waals surface area contributed by atoms with Crippen molar-refractivity contribution in [1.29, 1.82) is 0 Å². The molecule has 0 saturated carbocycles. The van der Waals surface area contributed by atoms with Crippen molar-refractivity contribution in [3.8, 4) is 0 Å². The van der Waals surface area contributed by atoms with Gasteiger partial charge in [-0.1, -0.05) is 18.2 Å². The first-order valence-corrected chi connectivity index (χ1v) is 22.3. The van der Waals surface area contributed by atoms with Gasteiger partial charge in [0, 0.05) is 51.9 Å². The quantitative estimate of drug-likeness (QED) is 0.0414. The van der Waals surface area contributed by atoms with Gasteiger partial charge in [-0.15, -0.1) is 34.0 Å². The van der Waals surface area contributed by atoms with Crippen molar-refractivity contribution in [2.24, 2.45) is 0 Å². The molecule has 3 aromatic heterocycles. The molecule has 5 heterocycles. The fourth-order valence-electron chi connectivity index (χ4n) is 7.04. The lowest BCUT2D eigenvalue weighted by molar-refractivity contribution is -0.143. The third kappa shape index (κ3) is 16.6. The maximum Gasteiger partial charge on any atom is 0.551 e. The van der Waals surface area contributed by atoms with Crippen LogP contribution in [0.15, 0.2) is 52.5 Å². The fourth-order valence-corrected chi connectivity index (χ4v) is 9.23. The van der Waals surface area contributed by atoms with Crippen molar-refractivity contribution in [3.63, 3.8) is 0 Å². The molecule has 2 saturated heterocycles. The largest absolute Gasteiger partial charge is 0.551 e. The van der Waals surface area contributed by atoms with Crippen molar-refractivity contribution in [3.05, 3.63) is 67.2 Å². The number of hydrogen-bond acceptors (Lipinski definition) is 18. The van der Waals surface area contributed by atoms with Crippen molar-refractivity contribution in [1.82, 2.24) is 16.0 Å². The highest BCUT2D eigenvalue weighted by atomic mass is 32.1. The van der Waals surface area contributed by atoms with E-state index in [1.807, 2.05) is 46.5 Å². The standard InChI is InChI=1S/C36H52B3N3O14S3/c43-22(16-34(47)48)7-10-29(41-32(45)20-26-5-2-14-58-26)38-54-24(18-36(50)55-38)9-12-30(42-33(46)21-27-6-3-15-59-27)39-53-23(17-35(49)56-39)8-11-28(37(51)52)40-31(44)19-25-4-1-13-57-25/h1-6,13-15,22-24,28-31,33,35,40,42-44,46,49,51-52H,7-12,16-21H2,(H,41,45)(H,47,48)/t22-,23-,24-,28-,29-,30-,31?,33?,35?/m0/s1. The molecule has 10 N–H and O–H groups in total. The maximum atomic E-state index is 13.1. The number of carbonyl (C=O) groups is 3. The maximum absolute atomic E-state index is 13.1. The van der Waals surface area contributed by atoms with Crippen LogP contribution in [0.2, 0.25) is 0 Å². The minimum atomic E-state index is -1.79. The third-order valence-electron chi connectivity index (χ3n) is 9.91. The van der Waals surface area contributed by atoms with Crippen LogP contribution in [0.4, 0.5) is 0 Å². The first-order chi connectivity index (χ1) is 28.3. The smallest absolute Gasteiger partial charge is 0.508 e. The highest BCUT2D eigenvalue weighted by molar-refractivity contribution is 7.10. The molecule has 0 radical (unpaired) electrons. The zero-order valence-electron chi connectivity index (χ0n) is 32.3. The van der Waals surface area contributed by atoms with E-state index in [0.717, 1.165) is 14.6 Å². The molecule has 0 aliphatic carbocycles. The summed E-state index contributed by atoms with van der Waals surface area (Å²) in [6.07, 6.45) is -5.00. The van der Waals surface area contributed by atoms with Crippen LogP contribution in [-0.4, -0.2) is 130 Å². The number of aliphatic hydroxyl groups excluding tert-OH is 4. The molecule has 0 aromatic carbocycles. The Morgan fingerprint density at radius 3 is 2.02 bits per heavy atom. The molecule has 1 amide bonds. The molecule has 0 spiro atoms. The van der Waals surface area contributed by atoms with Crippen LogP contribution in [0.25, 0.3) is 0 Å². The Morgan fingerprint density at radius 2 is 1.41 bits per heavy atom. The second-order valence-corrected chi connectivity index (χ2v) is 17.8. The molecule has 59 heavy (non-hydrogen) atoms. The Labute approximate surface area is 355 Å². The summed E-state index contributed by atoms with van der Waals surface area (Å²) in [6.45, 7) is 0. The van der Waals surface area contributed by atoms with E-state index in [4.69, 9.17) is 23.7 Å². The van der Waals surface area contributed by atoms with E-state index < -0.39 is 94.6 Å². The van der Waals surface area contributed by atoms with Crippen molar-refractivity contribution in [2.75, 3.05) is 0 Å². The zero-order chi connectivity index (χ0) is 42.3. The Bertz CT molecular complexity index is 1680. The SMILES string of the molecule is O=C(O)C[C@@H](O)CC[C@H](NC(=O)Cc1cccs1)B1OC(=O)C[C@H](CC[C@H](NC(O)Cc2cccs2)B2OC(O)C[C@H](CC[C@H](NC(O)Cc3cccs3)B(O)O)O2)O1. The van der Waals surface area contributed by atoms with E-state index in [-0.39, 0.29) is 76.5 Å². The summed E-state index contributed by atoms with van der Waals surface area (Å²) < 4.78 is 24.0. The third-order valence-corrected chi connectivity index (χ3v) is 12.6. The van der Waals surface area contributed by atoms with E-state index in [0.29, 0.717) is 0 Å². The van der Waals surface area contributed by atoms with E-state index in [1.54, 1.807) is 6.07 Å². The van der Waals surface area contributed by atoms with E-state index in [9.17, 15) is 44.9 Å². The van der Waals surface area contributed by atoms with Crippen LogP contribution < -0.4 is 16.0 Å². The van der Waals surface area contributed by atoms with Gasteiger partial charge in [0.2, 0.25) is 5.91 Å². The highest BCUT2D eigenvalue weighted by Gasteiger charge is 2.44. The summed E-state index contributed by atoms with van der Waals surface area (Å²) in [5, 5.41) is 86.6. The summed E-state index contributed by atoms with van der Waals surface area (Å²) in [7, 11) is -4.13. The first-order valence-electron chi connectivity index (χ1n) is 19.6. The van der Waals surface area contributed by atoms with Crippen LogP contribution in [0.1, 0.15) is 72.4 Å². The van der Waals surface area contributed by atoms with Crippen LogP contribution >= 0.6 is 34.0 Å². The van der Waals surface area contributed by atoms with Crippen LogP contribution in [0.5, 0.6) is 0 Å². The molecular formula is C36H52B3N3O14S3. The molecule has 17 nitrogen and oxygen atoms in total. The van der Waals surface area contributed by atoms with E-state index in [2.05, 4.69) is 16.0 Å². The summed E-state index contributed by atoms with van der Waals surface area (Å²) >= 11 is 4.34. The molecule has 0 bridgehead atoms. The van der Waals surface area contributed by atoms with Gasteiger partial charge in [-0.3, -0.25) is 25.0 Å². The zero-order valence-corrected chi connectivity index (χ0v) is 34.8. The van der Waals surface area contributed by atoms with Gasteiger partial charge in [-0.2, -0.15) is 0 Å². The number of aliphatic hydroxyl groups is 4. The Balaban J connectivity index is 1.24. The molecule has 2 fully saturated rings. The Kier molecular flexibility index (Phi) is 19.3. The average molecular weight is 879 g/mol. The van der Waals surface area contributed by atoms with Gasteiger partial charge in [0.15, 0.2) is 0 Å². The van der Waals surface area contributed by atoms with Crippen LogP contribution in [-0.2, 0) is 52.3 Å². The number of carboxylic acid groups (broad SMARTS) is 1. The number of nitrogens with one attached hydrogen (secondary N) is 3. The molecule has 5 rings (SSSR count). The van der Waals surface area contributed by atoms with Gasteiger partial charge in [0.25, 0.3) is 5.97 Å². The fraction of sp³-hybridized carbons (Fsp3) is 0.583. The molecule has 322 valence electrons. The Hall–Kier alpha value is -2.74. The van der Waals surface area contributed by atoms with Crippen LogP contribution in [0.3, 0.4) is 0 Å². The highest BCUT2D eigenvalue weighted by Crippen LogP contribution is 2.26. The lowest BCUT2D eigenvalue weighted by Gasteiger charge is -2.37.